The Hall–Kier alpha value is -3.50. The number of fused-ring (bicyclic) bond motifs is 1. The zero-order valence-corrected chi connectivity index (χ0v) is 17.3. The van der Waals surface area contributed by atoms with E-state index in [9.17, 15) is 0 Å². The van der Waals surface area contributed by atoms with Crippen LogP contribution in [0.2, 0.25) is 0 Å². The van der Waals surface area contributed by atoms with Crippen LogP contribution in [0.3, 0.4) is 0 Å². The van der Waals surface area contributed by atoms with Gasteiger partial charge in [0.2, 0.25) is 0 Å². The SMILES string of the molecule is COCCn1cc(-c2nc(Nc3ccc(N4CCOCC4)cc3)c3[nH]ncc3n2)cn1. The third kappa shape index (κ3) is 4.21. The van der Waals surface area contributed by atoms with Gasteiger partial charge in [0.25, 0.3) is 0 Å². The molecule has 0 bridgehead atoms. The second-order valence-corrected chi connectivity index (χ2v) is 7.28. The zero-order valence-electron chi connectivity index (χ0n) is 17.3. The third-order valence-corrected chi connectivity index (χ3v) is 5.22. The van der Waals surface area contributed by atoms with Crippen molar-refractivity contribution in [3.63, 3.8) is 0 Å². The van der Waals surface area contributed by atoms with E-state index in [1.54, 1.807) is 19.5 Å². The molecule has 0 saturated carbocycles. The Bertz CT molecular complexity index is 1150. The molecule has 1 aromatic carbocycles. The smallest absolute Gasteiger partial charge is 0.165 e. The molecule has 0 atom stereocenters. The quantitative estimate of drug-likeness (QED) is 0.470. The van der Waals surface area contributed by atoms with Crippen molar-refractivity contribution in [2.45, 2.75) is 6.54 Å². The summed E-state index contributed by atoms with van der Waals surface area (Å²) in [4.78, 5) is 11.7. The molecule has 1 aliphatic rings. The Morgan fingerprint density at radius 3 is 2.77 bits per heavy atom. The molecule has 1 aliphatic heterocycles. The van der Waals surface area contributed by atoms with Gasteiger partial charge in [-0.2, -0.15) is 10.2 Å². The molecule has 10 nitrogen and oxygen atoms in total. The minimum absolute atomic E-state index is 0.588. The summed E-state index contributed by atoms with van der Waals surface area (Å²) < 4.78 is 12.4. The molecule has 0 unspecified atom stereocenters. The van der Waals surface area contributed by atoms with Crippen molar-refractivity contribution < 1.29 is 9.47 Å². The number of nitrogens with one attached hydrogen (secondary N) is 2. The lowest BCUT2D eigenvalue weighted by Gasteiger charge is -2.28. The molecule has 10 heteroatoms. The van der Waals surface area contributed by atoms with E-state index in [0.717, 1.165) is 48.6 Å². The number of nitrogens with zero attached hydrogens (tertiary/aromatic N) is 6. The normalized spacial score (nSPS) is 14.3. The minimum atomic E-state index is 0.588. The summed E-state index contributed by atoms with van der Waals surface area (Å²) in [6.45, 7) is 4.62. The van der Waals surface area contributed by atoms with Crippen LogP contribution in [0.25, 0.3) is 22.4 Å². The highest BCUT2D eigenvalue weighted by atomic mass is 16.5. The lowest BCUT2D eigenvalue weighted by atomic mass is 10.2. The Morgan fingerprint density at radius 2 is 1.97 bits per heavy atom. The van der Waals surface area contributed by atoms with Gasteiger partial charge in [-0.15, -0.1) is 0 Å². The van der Waals surface area contributed by atoms with Gasteiger partial charge >= 0.3 is 0 Å². The topological polar surface area (TPSA) is 106 Å². The first-order chi connectivity index (χ1) is 15.3. The van der Waals surface area contributed by atoms with Crippen LogP contribution in [-0.4, -0.2) is 70.0 Å². The highest BCUT2D eigenvalue weighted by molar-refractivity contribution is 5.88. The van der Waals surface area contributed by atoms with Crippen LogP contribution in [0, 0.1) is 0 Å². The average Bonchev–Trinajstić information content (AvgIpc) is 3.48. The standard InChI is InChI=1S/C21H24N8O2/c1-30-9-8-29-14-15(12-23-29)20-25-18-13-22-27-19(18)21(26-20)24-16-2-4-17(5-3-16)28-6-10-31-11-7-28/h2-5,12-14H,6-11H2,1H3,(H,22,27)(H,24,25,26). The van der Waals surface area contributed by atoms with E-state index in [-0.39, 0.29) is 0 Å². The molecule has 0 spiro atoms. The summed E-state index contributed by atoms with van der Waals surface area (Å²) in [5, 5.41) is 14.9. The number of rotatable bonds is 7. The lowest BCUT2D eigenvalue weighted by molar-refractivity contribution is 0.122. The van der Waals surface area contributed by atoms with E-state index >= 15 is 0 Å². The Labute approximate surface area is 179 Å². The van der Waals surface area contributed by atoms with Crippen LogP contribution < -0.4 is 10.2 Å². The molecular weight excluding hydrogens is 396 g/mol. The number of hydrogen-bond donors (Lipinski definition) is 2. The van der Waals surface area contributed by atoms with Crippen molar-refractivity contribution in [1.82, 2.24) is 29.9 Å². The van der Waals surface area contributed by atoms with Crippen molar-refractivity contribution >= 4 is 28.2 Å². The Balaban J connectivity index is 1.40. The van der Waals surface area contributed by atoms with Crippen LogP contribution in [0.5, 0.6) is 0 Å². The largest absolute Gasteiger partial charge is 0.383 e. The predicted octanol–water partition coefficient (Wildman–Crippen LogP) is 2.44. The summed E-state index contributed by atoms with van der Waals surface area (Å²) in [7, 11) is 1.67. The number of H-pyrrole nitrogens is 1. The molecule has 2 N–H and O–H groups in total. The van der Waals surface area contributed by atoms with Crippen LogP contribution in [-0.2, 0) is 16.0 Å². The van der Waals surface area contributed by atoms with Gasteiger partial charge in [0.1, 0.15) is 11.0 Å². The molecule has 4 heterocycles. The Morgan fingerprint density at radius 1 is 1.13 bits per heavy atom. The second kappa shape index (κ2) is 8.70. The van der Waals surface area contributed by atoms with Crippen LogP contribution >= 0.6 is 0 Å². The number of hydrogen-bond acceptors (Lipinski definition) is 8. The summed E-state index contributed by atoms with van der Waals surface area (Å²) in [5.41, 5.74) is 4.46. The number of morpholine rings is 1. The van der Waals surface area contributed by atoms with Gasteiger partial charge < -0.3 is 19.7 Å². The minimum Gasteiger partial charge on any atom is -0.383 e. The number of aromatic nitrogens is 6. The molecule has 4 aromatic rings. The monoisotopic (exact) mass is 420 g/mol. The molecule has 0 amide bonds. The first kappa shape index (κ1) is 19.5. The van der Waals surface area contributed by atoms with Gasteiger partial charge in [-0.3, -0.25) is 9.78 Å². The number of ether oxygens (including phenoxy) is 2. The molecule has 5 rings (SSSR count). The summed E-state index contributed by atoms with van der Waals surface area (Å²) in [5.74, 6) is 1.26. The van der Waals surface area contributed by atoms with E-state index in [1.807, 2.05) is 10.9 Å². The lowest BCUT2D eigenvalue weighted by Crippen LogP contribution is -2.36. The van der Waals surface area contributed by atoms with E-state index < -0.39 is 0 Å². The molecule has 3 aromatic heterocycles. The fourth-order valence-electron chi connectivity index (χ4n) is 3.56. The van der Waals surface area contributed by atoms with Crippen LogP contribution in [0.15, 0.2) is 42.9 Å². The molecule has 1 saturated heterocycles. The third-order valence-electron chi connectivity index (χ3n) is 5.22. The number of aromatic amines is 1. The van der Waals surface area contributed by atoms with Gasteiger partial charge in [-0.05, 0) is 24.3 Å². The number of methoxy groups -OCH3 is 1. The van der Waals surface area contributed by atoms with Crippen molar-refractivity contribution in [3.05, 3.63) is 42.9 Å². The summed E-state index contributed by atoms with van der Waals surface area (Å²) in [6, 6.07) is 8.33. The van der Waals surface area contributed by atoms with Gasteiger partial charge in [-0.1, -0.05) is 0 Å². The molecule has 160 valence electrons. The summed E-state index contributed by atoms with van der Waals surface area (Å²) >= 11 is 0. The second-order valence-electron chi connectivity index (χ2n) is 7.28. The van der Waals surface area contributed by atoms with E-state index in [1.165, 1.54) is 5.69 Å². The highest BCUT2D eigenvalue weighted by Crippen LogP contribution is 2.27. The van der Waals surface area contributed by atoms with E-state index in [0.29, 0.717) is 24.8 Å². The molecule has 1 fully saturated rings. The fraction of sp³-hybridized carbons (Fsp3) is 0.333. The molecule has 31 heavy (non-hydrogen) atoms. The maximum Gasteiger partial charge on any atom is 0.165 e. The first-order valence-corrected chi connectivity index (χ1v) is 10.2. The number of benzene rings is 1. The van der Waals surface area contributed by atoms with Gasteiger partial charge in [0, 0.05) is 37.8 Å². The zero-order chi connectivity index (χ0) is 21.0. The van der Waals surface area contributed by atoms with E-state index in [2.05, 4.69) is 54.8 Å². The summed E-state index contributed by atoms with van der Waals surface area (Å²) in [6.07, 6.45) is 5.38. The average molecular weight is 420 g/mol. The first-order valence-electron chi connectivity index (χ1n) is 10.2. The molecular formula is C21H24N8O2. The predicted molar refractivity (Wildman–Crippen MR) is 118 cm³/mol. The Kier molecular flexibility index (Phi) is 5.46. The van der Waals surface area contributed by atoms with Crippen molar-refractivity contribution in [2.75, 3.05) is 50.2 Å². The maximum atomic E-state index is 5.44. The fourth-order valence-corrected chi connectivity index (χ4v) is 3.56. The van der Waals surface area contributed by atoms with Crippen molar-refractivity contribution in [2.24, 2.45) is 0 Å². The van der Waals surface area contributed by atoms with Gasteiger partial charge in [0.15, 0.2) is 11.6 Å². The van der Waals surface area contributed by atoms with Gasteiger partial charge in [0.05, 0.1) is 44.3 Å². The van der Waals surface area contributed by atoms with Crippen LogP contribution in [0.1, 0.15) is 0 Å². The maximum absolute atomic E-state index is 5.44. The number of anilines is 3. The van der Waals surface area contributed by atoms with Crippen molar-refractivity contribution in [3.8, 4) is 11.4 Å². The molecule has 0 aliphatic carbocycles. The molecule has 0 radical (unpaired) electrons. The van der Waals surface area contributed by atoms with Crippen molar-refractivity contribution in [1.29, 1.82) is 0 Å². The highest BCUT2D eigenvalue weighted by Gasteiger charge is 2.14. The van der Waals surface area contributed by atoms with Gasteiger partial charge in [-0.25, -0.2) is 9.97 Å². The van der Waals surface area contributed by atoms with Crippen LogP contribution in [0.4, 0.5) is 17.2 Å². The van der Waals surface area contributed by atoms with E-state index in [4.69, 9.17) is 14.5 Å².